The molecule has 0 saturated carbocycles. The van der Waals surface area contributed by atoms with E-state index >= 15 is 0 Å². The lowest BCUT2D eigenvalue weighted by molar-refractivity contribution is 0.0895. The molecule has 1 rings (SSSR count). The highest BCUT2D eigenvalue weighted by atomic mass is 16.3. The van der Waals surface area contributed by atoms with E-state index in [1.54, 1.807) is 6.92 Å². The number of aryl methyl sites for hydroxylation is 1. The van der Waals surface area contributed by atoms with E-state index in [4.69, 9.17) is 0 Å². The monoisotopic (exact) mass is 308 g/mol. The van der Waals surface area contributed by atoms with Crippen LogP contribution in [-0.4, -0.2) is 34.4 Å². The van der Waals surface area contributed by atoms with Gasteiger partial charge in [-0.25, -0.2) is 0 Å². The van der Waals surface area contributed by atoms with Crippen LogP contribution < -0.4 is 5.32 Å². The molecule has 22 heavy (non-hydrogen) atoms. The third-order valence-electron chi connectivity index (χ3n) is 3.61. The summed E-state index contributed by atoms with van der Waals surface area (Å²) in [6.07, 6.45) is 1.62. The van der Waals surface area contributed by atoms with Gasteiger partial charge in [-0.15, -0.1) is 0 Å². The predicted octanol–water partition coefficient (Wildman–Crippen LogP) is 2.62. The zero-order valence-corrected chi connectivity index (χ0v) is 14.2. The van der Waals surface area contributed by atoms with Gasteiger partial charge in [0.25, 0.3) is 5.91 Å². The fourth-order valence-electron chi connectivity index (χ4n) is 2.77. The Labute approximate surface area is 132 Å². The predicted molar refractivity (Wildman–Crippen MR) is 87.3 cm³/mol. The molecule has 0 fully saturated rings. The van der Waals surface area contributed by atoms with E-state index in [0.717, 1.165) is 17.7 Å². The minimum absolute atomic E-state index is 0.0314. The maximum absolute atomic E-state index is 12.4. The second kappa shape index (κ2) is 8.13. The fraction of sp³-hybridized carbons (Fsp3) is 0.647. The van der Waals surface area contributed by atoms with Crippen LogP contribution in [0.25, 0.3) is 0 Å². The van der Waals surface area contributed by atoms with Crippen LogP contribution in [0.15, 0.2) is 0 Å². The van der Waals surface area contributed by atoms with Crippen molar-refractivity contribution in [1.82, 2.24) is 10.3 Å². The van der Waals surface area contributed by atoms with Crippen LogP contribution in [0.3, 0.4) is 0 Å². The first kappa shape index (κ1) is 18.4. The molecule has 5 heteroatoms. The van der Waals surface area contributed by atoms with E-state index in [-0.39, 0.29) is 18.2 Å². The quantitative estimate of drug-likeness (QED) is 0.646. The molecule has 0 radical (unpaired) electrons. The first-order chi connectivity index (χ1) is 10.3. The Balaban J connectivity index is 2.89. The zero-order chi connectivity index (χ0) is 16.9. The minimum atomic E-state index is -0.554. The number of hydrogen-bond donors (Lipinski definition) is 3. The fourth-order valence-corrected chi connectivity index (χ4v) is 2.77. The molecule has 1 aromatic rings. The number of carbonyl (C=O) groups is 2. The normalized spacial score (nSPS) is 12.5. The van der Waals surface area contributed by atoms with E-state index in [1.807, 2.05) is 20.8 Å². The maximum atomic E-state index is 12.4. The van der Waals surface area contributed by atoms with Gasteiger partial charge in [-0.05, 0) is 38.2 Å². The first-order valence-electron chi connectivity index (χ1n) is 7.96. The number of aromatic amines is 1. The topological polar surface area (TPSA) is 82.2 Å². The van der Waals surface area contributed by atoms with E-state index in [9.17, 15) is 14.7 Å². The number of aliphatic hydroxyl groups is 1. The molecule has 1 heterocycles. The molecule has 0 spiro atoms. The van der Waals surface area contributed by atoms with Crippen LogP contribution in [0, 0.1) is 12.8 Å². The lowest BCUT2D eigenvalue weighted by atomic mass is 10.0. The summed E-state index contributed by atoms with van der Waals surface area (Å²) in [4.78, 5) is 27.2. The van der Waals surface area contributed by atoms with Crippen LogP contribution >= 0.6 is 0 Å². The summed E-state index contributed by atoms with van der Waals surface area (Å²) >= 11 is 0. The molecule has 5 nitrogen and oxygen atoms in total. The van der Waals surface area contributed by atoms with E-state index in [0.29, 0.717) is 30.0 Å². The number of rotatable bonds is 8. The number of aliphatic hydroxyl groups excluding tert-OH is 1. The SMILES string of the molecule is CCCc1c(C(=O)NCC(O)CC(C)C)[nH]c(C)c1C(C)=O. The highest BCUT2D eigenvalue weighted by molar-refractivity contribution is 6.02. The molecule has 0 saturated heterocycles. The minimum Gasteiger partial charge on any atom is -0.391 e. The lowest BCUT2D eigenvalue weighted by Crippen LogP contribution is -2.33. The van der Waals surface area contributed by atoms with Gasteiger partial charge in [0.05, 0.1) is 6.10 Å². The summed E-state index contributed by atoms with van der Waals surface area (Å²) < 4.78 is 0. The van der Waals surface area contributed by atoms with E-state index in [1.165, 1.54) is 6.92 Å². The molecule has 0 aliphatic rings. The smallest absolute Gasteiger partial charge is 0.268 e. The summed E-state index contributed by atoms with van der Waals surface area (Å²) in [6.45, 7) is 9.61. The average molecular weight is 308 g/mol. The van der Waals surface area contributed by atoms with Crippen LogP contribution in [-0.2, 0) is 6.42 Å². The van der Waals surface area contributed by atoms with Gasteiger partial charge in [-0.3, -0.25) is 9.59 Å². The Bertz CT molecular complexity index is 532. The first-order valence-corrected chi connectivity index (χ1v) is 7.96. The molecule has 1 atom stereocenters. The van der Waals surface area contributed by atoms with E-state index < -0.39 is 6.10 Å². The van der Waals surface area contributed by atoms with Crippen molar-refractivity contribution in [2.75, 3.05) is 6.54 Å². The van der Waals surface area contributed by atoms with Crippen molar-refractivity contribution in [3.8, 4) is 0 Å². The molecule has 0 aliphatic carbocycles. The summed E-state index contributed by atoms with van der Waals surface area (Å²) in [6, 6.07) is 0. The number of Topliss-reactive ketones (excluding diaryl/α,β-unsaturated/α-hetero) is 1. The molecule has 1 aromatic heterocycles. The zero-order valence-electron chi connectivity index (χ0n) is 14.2. The summed E-state index contributed by atoms with van der Waals surface area (Å²) in [5, 5.41) is 12.6. The highest BCUT2D eigenvalue weighted by Gasteiger charge is 2.22. The number of nitrogens with one attached hydrogen (secondary N) is 2. The lowest BCUT2D eigenvalue weighted by Gasteiger charge is -2.14. The second-order valence-electron chi connectivity index (χ2n) is 6.28. The van der Waals surface area contributed by atoms with Gasteiger partial charge in [0.1, 0.15) is 5.69 Å². The van der Waals surface area contributed by atoms with Gasteiger partial charge < -0.3 is 15.4 Å². The third kappa shape index (κ3) is 4.70. The molecular weight excluding hydrogens is 280 g/mol. The molecule has 1 amide bonds. The molecule has 1 unspecified atom stereocenters. The molecule has 3 N–H and O–H groups in total. The largest absolute Gasteiger partial charge is 0.391 e. The van der Waals surface area contributed by atoms with Crippen molar-refractivity contribution >= 4 is 11.7 Å². The van der Waals surface area contributed by atoms with Crippen molar-refractivity contribution in [2.24, 2.45) is 5.92 Å². The number of aromatic nitrogens is 1. The van der Waals surface area contributed by atoms with Gasteiger partial charge in [0.15, 0.2) is 5.78 Å². The summed E-state index contributed by atoms with van der Waals surface area (Å²) in [5.74, 6) is 0.0811. The van der Waals surface area contributed by atoms with Crippen molar-refractivity contribution in [1.29, 1.82) is 0 Å². The summed E-state index contributed by atoms with van der Waals surface area (Å²) in [7, 11) is 0. The number of amides is 1. The Morgan fingerprint density at radius 1 is 1.32 bits per heavy atom. The van der Waals surface area contributed by atoms with Crippen LogP contribution in [0.5, 0.6) is 0 Å². The number of hydrogen-bond acceptors (Lipinski definition) is 3. The highest BCUT2D eigenvalue weighted by Crippen LogP contribution is 2.21. The molecular formula is C17H28N2O3. The van der Waals surface area contributed by atoms with Crippen molar-refractivity contribution in [3.63, 3.8) is 0 Å². The van der Waals surface area contributed by atoms with Crippen molar-refractivity contribution < 1.29 is 14.7 Å². The second-order valence-corrected chi connectivity index (χ2v) is 6.28. The van der Waals surface area contributed by atoms with Gasteiger partial charge in [0.2, 0.25) is 0 Å². The number of carbonyl (C=O) groups excluding carboxylic acids is 2. The van der Waals surface area contributed by atoms with Crippen LogP contribution in [0.2, 0.25) is 0 Å². The third-order valence-corrected chi connectivity index (χ3v) is 3.61. The molecule has 0 bridgehead atoms. The molecule has 0 aliphatic heterocycles. The average Bonchev–Trinajstić information content (AvgIpc) is 2.72. The van der Waals surface area contributed by atoms with Crippen molar-refractivity contribution in [3.05, 3.63) is 22.5 Å². The number of ketones is 1. The Hall–Kier alpha value is -1.62. The molecule has 0 aromatic carbocycles. The van der Waals surface area contributed by atoms with Gasteiger partial charge in [-0.1, -0.05) is 27.2 Å². The Morgan fingerprint density at radius 3 is 2.45 bits per heavy atom. The van der Waals surface area contributed by atoms with Gasteiger partial charge >= 0.3 is 0 Å². The van der Waals surface area contributed by atoms with Crippen LogP contribution in [0.4, 0.5) is 0 Å². The standard InChI is InChI=1S/C17H28N2O3/c1-6-7-14-15(12(5)20)11(4)19-16(14)17(22)18-9-13(21)8-10(2)3/h10,13,19,21H,6-9H2,1-5H3,(H,18,22). The molecule has 124 valence electrons. The van der Waals surface area contributed by atoms with E-state index in [2.05, 4.69) is 10.3 Å². The van der Waals surface area contributed by atoms with Gasteiger partial charge in [-0.2, -0.15) is 0 Å². The van der Waals surface area contributed by atoms with Gasteiger partial charge in [0, 0.05) is 17.8 Å². The van der Waals surface area contributed by atoms with Crippen LogP contribution in [0.1, 0.15) is 72.6 Å². The maximum Gasteiger partial charge on any atom is 0.268 e. The summed E-state index contributed by atoms with van der Waals surface area (Å²) in [5.41, 5.74) is 2.57. The Kier molecular flexibility index (Phi) is 6.81. The van der Waals surface area contributed by atoms with Crippen molar-refractivity contribution in [2.45, 2.75) is 60.0 Å². The number of H-pyrrole nitrogens is 1. The Morgan fingerprint density at radius 2 is 1.95 bits per heavy atom.